The molecular weight excluding hydrogens is 786 g/mol. The molecule has 284 valence electrons. The third-order valence-electron chi connectivity index (χ3n) is 8.88. The van der Waals surface area contributed by atoms with Crippen LogP contribution in [0.3, 0.4) is 0 Å². The highest BCUT2D eigenvalue weighted by Crippen LogP contribution is 2.27. The lowest BCUT2D eigenvalue weighted by atomic mass is 10.1. The molecule has 0 bridgehead atoms. The number of anilines is 2. The first-order chi connectivity index (χ1) is 27.7. The van der Waals surface area contributed by atoms with Crippen LogP contribution < -0.4 is 10.6 Å². The van der Waals surface area contributed by atoms with E-state index in [0.29, 0.717) is 45.5 Å². The second kappa shape index (κ2) is 17.7. The van der Waals surface area contributed by atoms with Gasteiger partial charge in [0.15, 0.2) is 0 Å². The normalized spacial score (nSPS) is 11.9. The summed E-state index contributed by atoms with van der Waals surface area (Å²) >= 11 is 3.42. The Balaban J connectivity index is 0.000000174. The van der Waals surface area contributed by atoms with Crippen molar-refractivity contribution in [3.8, 4) is 34.4 Å². The average molecular weight is 824 g/mol. The third kappa shape index (κ3) is 9.51. The maximum absolute atomic E-state index is 13.3. The number of rotatable bonds is 11. The zero-order chi connectivity index (χ0) is 39.7. The smallest absolute Gasteiger partial charge is 0.225 e. The van der Waals surface area contributed by atoms with E-state index in [0.717, 1.165) is 22.3 Å². The molecule has 57 heavy (non-hydrogen) atoms. The van der Waals surface area contributed by atoms with Gasteiger partial charge in [-0.2, -0.15) is 9.97 Å². The Labute approximate surface area is 337 Å². The highest BCUT2D eigenvalue weighted by atomic mass is 79.9. The number of nitrogens with zero attached hydrogens (tertiary/aromatic N) is 8. The molecule has 13 heteroatoms. The quantitative estimate of drug-likeness (QED) is 0.133. The van der Waals surface area contributed by atoms with E-state index < -0.39 is 0 Å². The zero-order valence-electron chi connectivity index (χ0n) is 31.0. The van der Waals surface area contributed by atoms with Gasteiger partial charge in [-0.25, -0.2) is 28.7 Å². The van der Waals surface area contributed by atoms with Gasteiger partial charge in [0.1, 0.15) is 39.5 Å². The minimum Gasteiger partial charge on any atom is -0.348 e. The Morgan fingerprint density at radius 1 is 0.579 bits per heavy atom. The molecule has 8 rings (SSSR count). The molecule has 2 N–H and O–H groups in total. The molecule has 0 saturated carbocycles. The molecule has 4 aromatic heterocycles. The molecule has 10 nitrogen and oxygen atoms in total. The molecule has 4 heterocycles. The average Bonchev–Trinajstić information content (AvgIpc) is 3.86. The number of imidazole rings is 2. The van der Waals surface area contributed by atoms with Gasteiger partial charge in [0.05, 0.1) is 17.8 Å². The van der Waals surface area contributed by atoms with Gasteiger partial charge in [-0.1, -0.05) is 67.2 Å². The lowest BCUT2D eigenvalue weighted by Crippen LogP contribution is -2.10. The van der Waals surface area contributed by atoms with Gasteiger partial charge in [-0.05, 0) is 108 Å². The van der Waals surface area contributed by atoms with Crippen molar-refractivity contribution in [1.29, 1.82) is 0 Å². The summed E-state index contributed by atoms with van der Waals surface area (Å²) in [4.78, 5) is 27.0. The second-order valence-electron chi connectivity index (χ2n) is 12.9. The first-order valence-corrected chi connectivity index (χ1v) is 18.8. The summed E-state index contributed by atoms with van der Waals surface area (Å²) in [6.07, 6.45) is 8.74. The summed E-state index contributed by atoms with van der Waals surface area (Å²) in [6, 6.07) is 36.4. The molecule has 0 amide bonds. The highest BCUT2D eigenvalue weighted by molar-refractivity contribution is 9.10. The molecule has 0 saturated heterocycles. The molecule has 0 radical (unpaired) electrons. The number of nitrogens with one attached hydrogen (secondary N) is 2. The van der Waals surface area contributed by atoms with Gasteiger partial charge in [0.25, 0.3) is 0 Å². The number of halogens is 3. The van der Waals surface area contributed by atoms with Gasteiger partial charge in [-0.3, -0.25) is 9.13 Å². The van der Waals surface area contributed by atoms with E-state index in [4.69, 9.17) is 0 Å². The first-order valence-electron chi connectivity index (χ1n) is 18.0. The fraction of sp³-hybridized carbons (Fsp3) is 0.0909. The molecule has 0 aliphatic carbocycles. The Kier molecular flexibility index (Phi) is 12.0. The maximum atomic E-state index is 13.3. The van der Waals surface area contributed by atoms with E-state index in [9.17, 15) is 8.78 Å². The van der Waals surface area contributed by atoms with Crippen molar-refractivity contribution in [3.63, 3.8) is 0 Å². The van der Waals surface area contributed by atoms with Crippen molar-refractivity contribution in [3.05, 3.63) is 186 Å². The summed E-state index contributed by atoms with van der Waals surface area (Å²) in [5.74, 6) is 3.08. The molecule has 0 aliphatic rings. The van der Waals surface area contributed by atoms with Gasteiger partial charge in [-0.15, -0.1) is 0 Å². The van der Waals surface area contributed by atoms with Gasteiger partial charge in [0.2, 0.25) is 11.9 Å². The summed E-state index contributed by atoms with van der Waals surface area (Å²) in [5, 5.41) is 6.65. The van der Waals surface area contributed by atoms with E-state index in [2.05, 4.69) is 101 Å². The Morgan fingerprint density at radius 2 is 1.02 bits per heavy atom. The molecule has 0 spiro atoms. The van der Waals surface area contributed by atoms with Crippen LogP contribution in [-0.4, -0.2) is 39.0 Å². The monoisotopic (exact) mass is 822 g/mol. The van der Waals surface area contributed by atoms with Gasteiger partial charge in [0, 0.05) is 35.9 Å². The molecule has 2 atom stereocenters. The predicted molar refractivity (Wildman–Crippen MR) is 224 cm³/mol. The number of hydrogen-bond donors (Lipinski definition) is 2. The highest BCUT2D eigenvalue weighted by Gasteiger charge is 2.16. The van der Waals surface area contributed by atoms with Crippen LogP contribution in [0.5, 0.6) is 0 Å². The Bertz CT molecular complexity index is 2560. The molecular formula is C44H37BrF2N10. The minimum absolute atomic E-state index is 0.0505. The van der Waals surface area contributed by atoms with E-state index in [-0.39, 0.29) is 23.7 Å². The summed E-state index contributed by atoms with van der Waals surface area (Å²) in [6.45, 7) is 7.91. The Hall–Kier alpha value is -6.86. The van der Waals surface area contributed by atoms with Crippen molar-refractivity contribution < 1.29 is 8.78 Å². The SMILES string of the molecule is C=Cc1cn(-c2ccnc(N[C@@H](C)c3ccccc3)n2)c(-c2ccc(F)cc2)n1.C[C@H](Nc1nccc(-n2cc(Br)nc2-c2ccc(F)cc2)n1)c1ccccc1. The van der Waals surface area contributed by atoms with Crippen molar-refractivity contribution in [2.75, 3.05) is 10.6 Å². The lowest BCUT2D eigenvalue weighted by Gasteiger charge is -2.15. The van der Waals surface area contributed by atoms with E-state index >= 15 is 0 Å². The molecule has 0 aliphatic heterocycles. The van der Waals surface area contributed by atoms with Crippen LogP contribution in [0.1, 0.15) is 42.8 Å². The standard InChI is InChI=1S/C23H20FN5.C21H17BrFN5/c1-3-20-15-29(22(27-20)18-9-11-19(24)12-10-18)21-13-14-25-23(28-21)26-16(2)17-7-5-4-6-8-17;1-14(15-5-3-2-4-6-15)25-21-24-12-11-19(27-21)28-13-18(22)26-20(28)16-7-9-17(23)10-8-16/h3-16H,1H2,2H3,(H,25,26,28);2-14H,1H3,(H,24,25,27)/t16-;14-/m00/s1. The van der Waals surface area contributed by atoms with Crippen molar-refractivity contribution in [2.24, 2.45) is 0 Å². The summed E-state index contributed by atoms with van der Waals surface area (Å²) in [7, 11) is 0. The third-order valence-corrected chi connectivity index (χ3v) is 9.26. The largest absolute Gasteiger partial charge is 0.348 e. The maximum Gasteiger partial charge on any atom is 0.225 e. The van der Waals surface area contributed by atoms with Crippen LogP contribution >= 0.6 is 15.9 Å². The first kappa shape index (κ1) is 38.4. The van der Waals surface area contributed by atoms with Crippen LogP contribution in [0.4, 0.5) is 20.7 Å². The topological polar surface area (TPSA) is 111 Å². The van der Waals surface area contributed by atoms with Gasteiger partial charge < -0.3 is 10.6 Å². The van der Waals surface area contributed by atoms with Crippen LogP contribution in [0, 0.1) is 11.6 Å². The van der Waals surface area contributed by atoms with Gasteiger partial charge >= 0.3 is 0 Å². The predicted octanol–water partition coefficient (Wildman–Crippen LogP) is 10.7. The fourth-order valence-electron chi connectivity index (χ4n) is 5.95. The Morgan fingerprint density at radius 3 is 1.47 bits per heavy atom. The lowest BCUT2D eigenvalue weighted by molar-refractivity contribution is 0.627. The molecule has 8 aromatic rings. The molecule has 0 fully saturated rings. The van der Waals surface area contributed by atoms with E-state index in [1.54, 1.807) is 54.9 Å². The molecule has 0 unspecified atom stereocenters. The number of aromatic nitrogens is 8. The summed E-state index contributed by atoms with van der Waals surface area (Å²) in [5.41, 5.74) is 4.57. The number of benzene rings is 4. The van der Waals surface area contributed by atoms with E-state index in [1.165, 1.54) is 24.3 Å². The second-order valence-corrected chi connectivity index (χ2v) is 13.7. The van der Waals surface area contributed by atoms with Crippen molar-refractivity contribution >= 4 is 33.9 Å². The zero-order valence-corrected chi connectivity index (χ0v) is 32.6. The van der Waals surface area contributed by atoms with Crippen molar-refractivity contribution in [2.45, 2.75) is 25.9 Å². The van der Waals surface area contributed by atoms with E-state index in [1.807, 2.05) is 57.9 Å². The summed E-state index contributed by atoms with van der Waals surface area (Å²) < 4.78 is 31.0. The van der Waals surface area contributed by atoms with Crippen molar-refractivity contribution in [1.82, 2.24) is 39.0 Å². The van der Waals surface area contributed by atoms with Crippen LogP contribution in [0.2, 0.25) is 0 Å². The van der Waals surface area contributed by atoms with Crippen LogP contribution in [0.25, 0.3) is 40.5 Å². The van der Waals surface area contributed by atoms with Crippen LogP contribution in [-0.2, 0) is 0 Å². The minimum atomic E-state index is -0.292. The number of hydrogen-bond acceptors (Lipinski definition) is 8. The molecule has 4 aromatic carbocycles. The van der Waals surface area contributed by atoms with Crippen LogP contribution in [0.15, 0.2) is 157 Å². The fourth-order valence-corrected chi connectivity index (χ4v) is 6.32.